The van der Waals surface area contributed by atoms with Crippen LogP contribution in [0.2, 0.25) is 0 Å². The lowest BCUT2D eigenvalue weighted by Gasteiger charge is -2.09. The van der Waals surface area contributed by atoms with Crippen molar-refractivity contribution in [3.05, 3.63) is 70.7 Å². The molecule has 0 unspecified atom stereocenters. The Morgan fingerprint density at radius 2 is 1.96 bits per heavy atom. The molecule has 6 heteroatoms. The van der Waals surface area contributed by atoms with Crippen LogP contribution in [0.5, 0.6) is 0 Å². The Morgan fingerprint density at radius 1 is 1.19 bits per heavy atom. The zero-order valence-corrected chi connectivity index (χ0v) is 15.0. The average Bonchev–Trinajstić information content (AvgIpc) is 3.16. The summed E-state index contributed by atoms with van der Waals surface area (Å²) in [5, 5.41) is 14.1. The van der Waals surface area contributed by atoms with E-state index >= 15 is 0 Å². The summed E-state index contributed by atoms with van der Waals surface area (Å²) in [5.41, 5.74) is 4.73. The van der Waals surface area contributed by atoms with E-state index in [1.54, 1.807) is 30.1 Å². The number of rotatable bonds is 7. The molecule has 0 aliphatic heterocycles. The van der Waals surface area contributed by atoms with Gasteiger partial charge in [0.1, 0.15) is 0 Å². The summed E-state index contributed by atoms with van der Waals surface area (Å²) < 4.78 is 1.80. The standard InChI is InChI=1S/C20H22N4O2/c1-3-4-5-15-6-8-16(9-7-15)19-13-23(14-22-19)20-12-17(24(25)26)10-11-18(20)21-2/h6-14,21H,3-5H2,1-2H3. The first-order valence-electron chi connectivity index (χ1n) is 8.72. The monoisotopic (exact) mass is 350 g/mol. The van der Waals surface area contributed by atoms with E-state index in [2.05, 4.69) is 41.5 Å². The molecular weight excluding hydrogens is 328 g/mol. The fraction of sp³-hybridized carbons (Fsp3) is 0.250. The number of benzene rings is 2. The van der Waals surface area contributed by atoms with Gasteiger partial charge in [0, 0.05) is 30.9 Å². The fourth-order valence-electron chi connectivity index (χ4n) is 2.89. The van der Waals surface area contributed by atoms with Gasteiger partial charge in [-0.15, -0.1) is 0 Å². The lowest BCUT2D eigenvalue weighted by Crippen LogP contribution is -2.00. The molecule has 3 rings (SSSR count). The molecule has 0 bridgehead atoms. The van der Waals surface area contributed by atoms with Gasteiger partial charge in [-0.25, -0.2) is 4.98 Å². The summed E-state index contributed by atoms with van der Waals surface area (Å²) in [4.78, 5) is 15.2. The van der Waals surface area contributed by atoms with Gasteiger partial charge in [0.15, 0.2) is 0 Å². The number of aromatic nitrogens is 2. The van der Waals surface area contributed by atoms with Crippen molar-refractivity contribution >= 4 is 11.4 Å². The molecule has 134 valence electrons. The normalized spacial score (nSPS) is 10.7. The highest BCUT2D eigenvalue weighted by Gasteiger charge is 2.13. The summed E-state index contributed by atoms with van der Waals surface area (Å²) >= 11 is 0. The summed E-state index contributed by atoms with van der Waals surface area (Å²) in [7, 11) is 1.79. The molecule has 3 aromatic rings. The van der Waals surface area contributed by atoms with Gasteiger partial charge in [0.2, 0.25) is 0 Å². The molecule has 0 aliphatic carbocycles. The molecule has 0 atom stereocenters. The van der Waals surface area contributed by atoms with Crippen LogP contribution in [0.1, 0.15) is 25.3 Å². The van der Waals surface area contributed by atoms with E-state index in [0.717, 1.165) is 23.4 Å². The number of hydrogen-bond donors (Lipinski definition) is 1. The van der Waals surface area contributed by atoms with Crippen LogP contribution in [0, 0.1) is 10.1 Å². The number of non-ortho nitro benzene ring substituents is 1. The Balaban J connectivity index is 1.90. The van der Waals surface area contributed by atoms with E-state index in [1.807, 2.05) is 6.20 Å². The van der Waals surface area contributed by atoms with Gasteiger partial charge in [-0.2, -0.15) is 0 Å². The van der Waals surface area contributed by atoms with Crippen molar-refractivity contribution in [2.75, 3.05) is 12.4 Å². The highest BCUT2D eigenvalue weighted by molar-refractivity contribution is 5.66. The highest BCUT2D eigenvalue weighted by Crippen LogP contribution is 2.27. The minimum atomic E-state index is -0.393. The van der Waals surface area contributed by atoms with Crippen molar-refractivity contribution in [2.45, 2.75) is 26.2 Å². The van der Waals surface area contributed by atoms with E-state index in [0.29, 0.717) is 5.69 Å². The molecule has 0 amide bonds. The Hall–Kier alpha value is -3.15. The van der Waals surface area contributed by atoms with Crippen molar-refractivity contribution in [1.29, 1.82) is 0 Å². The van der Waals surface area contributed by atoms with Crippen LogP contribution in [0.4, 0.5) is 11.4 Å². The summed E-state index contributed by atoms with van der Waals surface area (Å²) in [6, 6.07) is 13.2. The van der Waals surface area contributed by atoms with Crippen molar-refractivity contribution in [3.8, 4) is 16.9 Å². The zero-order valence-electron chi connectivity index (χ0n) is 15.0. The minimum Gasteiger partial charge on any atom is -0.386 e. The average molecular weight is 350 g/mol. The molecule has 0 spiro atoms. The van der Waals surface area contributed by atoms with Crippen LogP contribution in [-0.2, 0) is 6.42 Å². The van der Waals surface area contributed by atoms with Crippen molar-refractivity contribution in [2.24, 2.45) is 0 Å². The van der Waals surface area contributed by atoms with E-state index in [9.17, 15) is 10.1 Å². The molecule has 0 aliphatic rings. The van der Waals surface area contributed by atoms with Crippen LogP contribution in [0.3, 0.4) is 0 Å². The second-order valence-corrected chi connectivity index (χ2v) is 6.18. The Kier molecular flexibility index (Phi) is 5.31. The molecule has 6 nitrogen and oxygen atoms in total. The first kappa shape index (κ1) is 17.7. The molecule has 0 radical (unpaired) electrons. The molecule has 1 heterocycles. The molecule has 0 saturated carbocycles. The maximum Gasteiger partial charge on any atom is 0.271 e. The van der Waals surface area contributed by atoms with Gasteiger partial charge < -0.3 is 9.88 Å². The van der Waals surface area contributed by atoms with Crippen molar-refractivity contribution in [3.63, 3.8) is 0 Å². The maximum atomic E-state index is 11.1. The van der Waals surface area contributed by atoms with Crippen LogP contribution in [0.25, 0.3) is 16.9 Å². The van der Waals surface area contributed by atoms with Crippen LogP contribution < -0.4 is 5.32 Å². The second-order valence-electron chi connectivity index (χ2n) is 6.18. The van der Waals surface area contributed by atoms with Crippen molar-refractivity contribution < 1.29 is 4.92 Å². The van der Waals surface area contributed by atoms with Gasteiger partial charge >= 0.3 is 0 Å². The van der Waals surface area contributed by atoms with E-state index in [-0.39, 0.29) is 5.69 Å². The molecular formula is C20H22N4O2. The summed E-state index contributed by atoms with van der Waals surface area (Å²) in [6.45, 7) is 2.19. The van der Waals surface area contributed by atoms with Gasteiger partial charge in [-0.1, -0.05) is 37.6 Å². The van der Waals surface area contributed by atoms with Gasteiger partial charge in [0.25, 0.3) is 5.69 Å². The third-order valence-electron chi connectivity index (χ3n) is 4.39. The third-order valence-corrected chi connectivity index (χ3v) is 4.39. The summed E-state index contributed by atoms with van der Waals surface area (Å²) in [6.07, 6.45) is 7.03. The van der Waals surface area contributed by atoms with Gasteiger partial charge in [0.05, 0.1) is 28.3 Å². The van der Waals surface area contributed by atoms with E-state index < -0.39 is 4.92 Å². The lowest BCUT2D eigenvalue weighted by atomic mass is 10.1. The summed E-state index contributed by atoms with van der Waals surface area (Å²) in [5.74, 6) is 0. The molecule has 1 aromatic heterocycles. The smallest absolute Gasteiger partial charge is 0.271 e. The largest absolute Gasteiger partial charge is 0.386 e. The number of nitrogens with zero attached hydrogens (tertiary/aromatic N) is 3. The molecule has 0 saturated heterocycles. The van der Waals surface area contributed by atoms with E-state index in [4.69, 9.17) is 0 Å². The predicted molar refractivity (Wildman–Crippen MR) is 104 cm³/mol. The SMILES string of the molecule is CCCCc1ccc(-c2cn(-c3cc([N+](=O)[O-])ccc3NC)cn2)cc1. The number of unbranched alkanes of at least 4 members (excludes halogenated alkanes) is 1. The number of nitrogens with one attached hydrogen (secondary N) is 1. The quantitative estimate of drug-likeness (QED) is 0.489. The lowest BCUT2D eigenvalue weighted by molar-refractivity contribution is -0.384. The van der Waals surface area contributed by atoms with Crippen molar-refractivity contribution in [1.82, 2.24) is 9.55 Å². The Labute approximate surface area is 152 Å². The third kappa shape index (κ3) is 3.74. The minimum absolute atomic E-state index is 0.0505. The topological polar surface area (TPSA) is 73.0 Å². The molecule has 2 aromatic carbocycles. The number of imidazole rings is 1. The first-order valence-corrected chi connectivity index (χ1v) is 8.72. The molecule has 1 N–H and O–H groups in total. The first-order chi connectivity index (χ1) is 12.6. The number of anilines is 1. The Bertz CT molecular complexity index is 900. The Morgan fingerprint density at radius 3 is 2.62 bits per heavy atom. The fourth-order valence-corrected chi connectivity index (χ4v) is 2.89. The van der Waals surface area contributed by atoms with Crippen LogP contribution in [-0.4, -0.2) is 21.5 Å². The number of nitro benzene ring substituents is 1. The molecule has 26 heavy (non-hydrogen) atoms. The number of hydrogen-bond acceptors (Lipinski definition) is 4. The van der Waals surface area contributed by atoms with Gasteiger partial charge in [-0.05, 0) is 24.5 Å². The predicted octanol–water partition coefficient (Wildman–Crippen LogP) is 4.83. The second kappa shape index (κ2) is 7.82. The van der Waals surface area contributed by atoms with Gasteiger partial charge in [-0.3, -0.25) is 10.1 Å². The highest BCUT2D eigenvalue weighted by atomic mass is 16.6. The maximum absolute atomic E-state index is 11.1. The number of aryl methyl sites for hydroxylation is 1. The molecule has 0 fully saturated rings. The zero-order chi connectivity index (χ0) is 18.5. The van der Waals surface area contributed by atoms with E-state index in [1.165, 1.54) is 24.5 Å². The van der Waals surface area contributed by atoms with Crippen LogP contribution >= 0.6 is 0 Å². The van der Waals surface area contributed by atoms with Crippen LogP contribution in [0.15, 0.2) is 55.0 Å². The number of nitro groups is 1.